The quantitative estimate of drug-likeness (QED) is 0.625. The first-order valence-corrected chi connectivity index (χ1v) is 9.96. The van der Waals surface area contributed by atoms with Crippen LogP contribution in [0.2, 0.25) is 10.0 Å². The van der Waals surface area contributed by atoms with E-state index in [-0.39, 0.29) is 30.9 Å². The normalized spacial score (nSPS) is 11.9. The lowest BCUT2D eigenvalue weighted by atomic mass is 10.1. The van der Waals surface area contributed by atoms with Gasteiger partial charge in [-0.1, -0.05) is 60.5 Å². The van der Waals surface area contributed by atoms with Gasteiger partial charge < -0.3 is 10.6 Å². The van der Waals surface area contributed by atoms with Crippen LogP contribution in [0, 0.1) is 0 Å². The van der Waals surface area contributed by atoms with E-state index < -0.39 is 0 Å². The van der Waals surface area contributed by atoms with Crippen LogP contribution in [0.15, 0.2) is 48.5 Å². The van der Waals surface area contributed by atoms with Crippen molar-refractivity contribution in [2.24, 2.45) is 0 Å². The van der Waals surface area contributed by atoms with Crippen molar-refractivity contribution in [1.29, 1.82) is 0 Å². The van der Waals surface area contributed by atoms with Crippen LogP contribution in [-0.2, 0) is 9.59 Å². The molecular weight excluding hydrogens is 397 g/mol. The van der Waals surface area contributed by atoms with Crippen LogP contribution in [0.5, 0.6) is 0 Å². The Morgan fingerprint density at radius 1 is 1.04 bits per heavy atom. The van der Waals surface area contributed by atoms with Crippen LogP contribution in [0.3, 0.4) is 0 Å². The molecule has 0 aliphatic rings. The molecule has 2 rings (SSSR count). The average Bonchev–Trinajstić information content (AvgIpc) is 2.64. The molecule has 150 valence electrons. The van der Waals surface area contributed by atoms with Gasteiger partial charge in [0, 0.05) is 5.02 Å². The third-order valence-electron chi connectivity index (χ3n) is 4.16. The molecule has 5 nitrogen and oxygen atoms in total. The fraction of sp³-hybridized carbons (Fsp3) is 0.333. The number of hydrogen-bond donors (Lipinski definition) is 2. The molecule has 2 N–H and O–H groups in total. The monoisotopic (exact) mass is 421 g/mol. The van der Waals surface area contributed by atoms with Crippen LogP contribution in [0.4, 0.5) is 5.69 Å². The standard InChI is InChI=1S/C21H25Cl2N3O2/c1-3-11-26(13-20(27)24-15(2)16-7-5-4-6-8-16)14-21(28)25-19-10-9-17(22)12-18(19)23/h4-10,12,15H,3,11,13-14H2,1-2H3,(H,24,27)(H,25,28). The molecule has 0 fully saturated rings. The Morgan fingerprint density at radius 2 is 1.71 bits per heavy atom. The van der Waals surface area contributed by atoms with E-state index in [0.29, 0.717) is 22.3 Å². The molecule has 0 saturated heterocycles. The molecular formula is C21H25Cl2N3O2. The number of halogens is 2. The molecule has 2 aromatic rings. The topological polar surface area (TPSA) is 61.4 Å². The van der Waals surface area contributed by atoms with Crippen LogP contribution in [0.25, 0.3) is 0 Å². The number of anilines is 1. The SMILES string of the molecule is CCCN(CC(=O)Nc1ccc(Cl)cc1Cl)CC(=O)NC(C)c1ccccc1. The fourth-order valence-electron chi connectivity index (χ4n) is 2.83. The van der Waals surface area contributed by atoms with Gasteiger partial charge in [-0.05, 0) is 43.7 Å². The molecule has 0 saturated carbocycles. The number of nitrogens with one attached hydrogen (secondary N) is 2. The van der Waals surface area contributed by atoms with Crippen molar-refractivity contribution in [3.8, 4) is 0 Å². The van der Waals surface area contributed by atoms with E-state index in [9.17, 15) is 9.59 Å². The number of amides is 2. The Labute approximate surface area is 176 Å². The molecule has 2 amide bonds. The Bertz CT molecular complexity index is 799. The van der Waals surface area contributed by atoms with Crippen molar-refractivity contribution in [1.82, 2.24) is 10.2 Å². The highest BCUT2D eigenvalue weighted by Crippen LogP contribution is 2.25. The van der Waals surface area contributed by atoms with Gasteiger partial charge in [0.05, 0.1) is 29.8 Å². The first kappa shape index (κ1) is 22.2. The lowest BCUT2D eigenvalue weighted by Gasteiger charge is -2.22. The van der Waals surface area contributed by atoms with E-state index in [0.717, 1.165) is 12.0 Å². The van der Waals surface area contributed by atoms with Crippen molar-refractivity contribution in [2.75, 3.05) is 25.0 Å². The molecule has 0 bridgehead atoms. The first-order chi connectivity index (χ1) is 13.4. The number of carbonyl (C=O) groups excluding carboxylic acids is 2. The number of rotatable bonds is 9. The summed E-state index contributed by atoms with van der Waals surface area (Å²) in [4.78, 5) is 26.6. The van der Waals surface area contributed by atoms with E-state index in [4.69, 9.17) is 23.2 Å². The van der Waals surface area contributed by atoms with Crippen molar-refractivity contribution < 1.29 is 9.59 Å². The maximum atomic E-state index is 12.4. The molecule has 2 aromatic carbocycles. The number of hydrogen-bond acceptors (Lipinski definition) is 3. The van der Waals surface area contributed by atoms with Gasteiger partial charge >= 0.3 is 0 Å². The minimum absolute atomic E-state index is 0.0972. The minimum atomic E-state index is -0.235. The lowest BCUT2D eigenvalue weighted by molar-refractivity contribution is -0.124. The summed E-state index contributed by atoms with van der Waals surface area (Å²) >= 11 is 12.0. The summed E-state index contributed by atoms with van der Waals surface area (Å²) in [6.07, 6.45) is 0.830. The Hall–Kier alpha value is -2.08. The van der Waals surface area contributed by atoms with Crippen molar-refractivity contribution in [3.05, 3.63) is 64.1 Å². The van der Waals surface area contributed by atoms with Crippen LogP contribution >= 0.6 is 23.2 Å². The third-order valence-corrected chi connectivity index (χ3v) is 4.70. The Kier molecular flexibility index (Phi) is 8.77. The van der Waals surface area contributed by atoms with Gasteiger partial charge in [-0.15, -0.1) is 0 Å². The van der Waals surface area contributed by atoms with Crippen molar-refractivity contribution in [2.45, 2.75) is 26.3 Å². The van der Waals surface area contributed by atoms with E-state index in [1.54, 1.807) is 18.2 Å². The van der Waals surface area contributed by atoms with Gasteiger partial charge in [0.25, 0.3) is 0 Å². The van der Waals surface area contributed by atoms with E-state index in [2.05, 4.69) is 10.6 Å². The predicted octanol–water partition coefficient (Wildman–Crippen LogP) is 4.52. The van der Waals surface area contributed by atoms with Crippen molar-refractivity contribution >= 4 is 40.7 Å². The largest absolute Gasteiger partial charge is 0.348 e. The highest BCUT2D eigenvalue weighted by Gasteiger charge is 2.17. The number of nitrogens with zero attached hydrogens (tertiary/aromatic N) is 1. The van der Waals surface area contributed by atoms with Gasteiger partial charge in [-0.2, -0.15) is 0 Å². The summed E-state index contributed by atoms with van der Waals surface area (Å²) in [5, 5.41) is 6.61. The zero-order chi connectivity index (χ0) is 20.5. The van der Waals surface area contributed by atoms with Crippen LogP contribution in [-0.4, -0.2) is 36.3 Å². The molecule has 0 aliphatic carbocycles. The fourth-order valence-corrected chi connectivity index (χ4v) is 3.28. The molecule has 0 heterocycles. The number of benzene rings is 2. The van der Waals surface area contributed by atoms with Crippen LogP contribution in [0.1, 0.15) is 31.9 Å². The number of carbonyl (C=O) groups is 2. The molecule has 1 atom stereocenters. The smallest absolute Gasteiger partial charge is 0.238 e. The maximum absolute atomic E-state index is 12.4. The second-order valence-corrected chi connectivity index (χ2v) is 7.43. The van der Waals surface area contributed by atoms with Gasteiger partial charge in [0.2, 0.25) is 11.8 Å². The second kappa shape index (κ2) is 11.1. The Morgan fingerprint density at radius 3 is 2.36 bits per heavy atom. The minimum Gasteiger partial charge on any atom is -0.348 e. The van der Waals surface area contributed by atoms with Gasteiger partial charge in [-0.3, -0.25) is 14.5 Å². The molecule has 0 spiro atoms. The summed E-state index contributed by atoms with van der Waals surface area (Å²) in [6, 6.07) is 14.5. The summed E-state index contributed by atoms with van der Waals surface area (Å²) in [6.45, 7) is 4.82. The highest BCUT2D eigenvalue weighted by molar-refractivity contribution is 6.36. The second-order valence-electron chi connectivity index (χ2n) is 6.58. The molecule has 0 aliphatic heterocycles. The highest BCUT2D eigenvalue weighted by atomic mass is 35.5. The zero-order valence-corrected chi connectivity index (χ0v) is 17.6. The van der Waals surface area contributed by atoms with Gasteiger partial charge in [0.15, 0.2) is 0 Å². The van der Waals surface area contributed by atoms with E-state index in [1.165, 1.54) is 0 Å². The summed E-state index contributed by atoms with van der Waals surface area (Å²) in [5.74, 6) is -0.358. The molecule has 28 heavy (non-hydrogen) atoms. The maximum Gasteiger partial charge on any atom is 0.238 e. The van der Waals surface area contributed by atoms with Gasteiger partial charge in [0.1, 0.15) is 0 Å². The van der Waals surface area contributed by atoms with E-state index in [1.807, 2.05) is 49.1 Å². The average molecular weight is 422 g/mol. The molecule has 1 unspecified atom stereocenters. The van der Waals surface area contributed by atoms with Crippen LogP contribution < -0.4 is 10.6 Å². The summed E-state index contributed by atoms with van der Waals surface area (Å²) in [5.41, 5.74) is 1.53. The molecule has 7 heteroatoms. The van der Waals surface area contributed by atoms with Gasteiger partial charge in [-0.25, -0.2) is 0 Å². The first-order valence-electron chi connectivity index (χ1n) is 9.20. The predicted molar refractivity (Wildman–Crippen MR) is 115 cm³/mol. The molecule has 0 aromatic heterocycles. The lowest BCUT2D eigenvalue weighted by Crippen LogP contribution is -2.42. The third kappa shape index (κ3) is 7.15. The van der Waals surface area contributed by atoms with Crippen molar-refractivity contribution in [3.63, 3.8) is 0 Å². The summed E-state index contributed by atoms with van der Waals surface area (Å²) in [7, 11) is 0. The Balaban J connectivity index is 1.90. The zero-order valence-electron chi connectivity index (χ0n) is 16.0. The summed E-state index contributed by atoms with van der Waals surface area (Å²) < 4.78 is 0. The molecule has 0 radical (unpaired) electrons. The van der Waals surface area contributed by atoms with E-state index >= 15 is 0 Å².